The van der Waals surface area contributed by atoms with Gasteiger partial charge in [0.25, 0.3) is 0 Å². The number of thioether (sulfide) groups is 1. The molecule has 3 heteroatoms. The summed E-state index contributed by atoms with van der Waals surface area (Å²) in [5, 5.41) is 10.2. The molecule has 1 aromatic carbocycles. The molecule has 1 fully saturated rings. The average molecular weight is 223 g/mol. The quantitative estimate of drug-likeness (QED) is 0.757. The number of rotatable bonds is 2. The Morgan fingerprint density at radius 1 is 1.33 bits per heavy atom. The van der Waals surface area contributed by atoms with Gasteiger partial charge in [0.1, 0.15) is 0 Å². The molecule has 0 aromatic heterocycles. The first-order valence-electron chi connectivity index (χ1n) is 5.38. The summed E-state index contributed by atoms with van der Waals surface area (Å²) in [4.78, 5) is 0. The Bertz CT molecular complexity index is 323. The zero-order chi connectivity index (χ0) is 10.7. The van der Waals surface area contributed by atoms with E-state index in [1.807, 2.05) is 36.0 Å². The molecule has 0 saturated carbocycles. The molecular weight excluding hydrogens is 206 g/mol. The second-order valence-corrected chi connectivity index (χ2v) is 5.29. The molecule has 0 aliphatic carbocycles. The highest BCUT2D eigenvalue weighted by atomic mass is 32.2. The van der Waals surface area contributed by atoms with E-state index in [1.54, 1.807) is 0 Å². The molecule has 0 bridgehead atoms. The van der Waals surface area contributed by atoms with Gasteiger partial charge in [0.05, 0.1) is 6.10 Å². The third-order valence-electron chi connectivity index (χ3n) is 2.96. The lowest BCUT2D eigenvalue weighted by Crippen LogP contribution is -2.18. The minimum Gasteiger partial charge on any atom is -0.399 e. The molecule has 82 valence electrons. The fraction of sp³-hybridized carbons (Fsp3) is 0.500. The van der Waals surface area contributed by atoms with Crippen LogP contribution in [0.5, 0.6) is 0 Å². The van der Waals surface area contributed by atoms with Crippen LogP contribution in [0.4, 0.5) is 5.69 Å². The van der Waals surface area contributed by atoms with Crippen LogP contribution in [0.3, 0.4) is 0 Å². The molecule has 1 aliphatic heterocycles. The maximum Gasteiger partial charge on any atom is 0.0819 e. The Kier molecular flexibility index (Phi) is 3.54. The smallest absolute Gasteiger partial charge is 0.0819 e. The van der Waals surface area contributed by atoms with Crippen molar-refractivity contribution in [2.24, 2.45) is 5.92 Å². The molecule has 2 rings (SSSR count). The van der Waals surface area contributed by atoms with Gasteiger partial charge in [-0.3, -0.25) is 0 Å². The van der Waals surface area contributed by atoms with E-state index in [0.29, 0.717) is 5.92 Å². The van der Waals surface area contributed by atoms with E-state index in [9.17, 15) is 5.11 Å². The first-order valence-corrected chi connectivity index (χ1v) is 6.54. The summed E-state index contributed by atoms with van der Waals surface area (Å²) in [6.45, 7) is 0. The predicted molar refractivity (Wildman–Crippen MR) is 65.9 cm³/mol. The summed E-state index contributed by atoms with van der Waals surface area (Å²) >= 11 is 1.98. The van der Waals surface area contributed by atoms with Crippen LogP contribution in [0, 0.1) is 5.92 Å². The van der Waals surface area contributed by atoms with E-state index in [-0.39, 0.29) is 6.10 Å². The Labute approximate surface area is 94.9 Å². The third-order valence-corrected chi connectivity index (χ3v) is 4.01. The number of hydrogen-bond acceptors (Lipinski definition) is 3. The zero-order valence-corrected chi connectivity index (χ0v) is 9.54. The van der Waals surface area contributed by atoms with Crippen molar-refractivity contribution in [3.05, 3.63) is 29.8 Å². The standard InChI is InChI=1S/C12H17NOS/c13-11-3-1-2-10(8-11)12(14)9-4-6-15-7-5-9/h1-3,8-9,12,14H,4-7,13H2. The fourth-order valence-electron chi connectivity index (χ4n) is 2.05. The first-order chi connectivity index (χ1) is 7.27. The van der Waals surface area contributed by atoms with Gasteiger partial charge in [-0.25, -0.2) is 0 Å². The van der Waals surface area contributed by atoms with Gasteiger partial charge in [-0.1, -0.05) is 12.1 Å². The lowest BCUT2D eigenvalue weighted by atomic mass is 9.91. The summed E-state index contributed by atoms with van der Waals surface area (Å²) in [6, 6.07) is 7.60. The Morgan fingerprint density at radius 3 is 2.73 bits per heavy atom. The minimum atomic E-state index is -0.339. The van der Waals surface area contributed by atoms with E-state index in [2.05, 4.69) is 0 Å². The molecule has 0 radical (unpaired) electrons. The van der Waals surface area contributed by atoms with E-state index >= 15 is 0 Å². The molecule has 1 saturated heterocycles. The second kappa shape index (κ2) is 4.90. The normalized spacial score (nSPS) is 20.1. The summed E-state index contributed by atoms with van der Waals surface area (Å²) in [5.41, 5.74) is 7.41. The molecule has 1 unspecified atom stereocenters. The summed E-state index contributed by atoms with van der Waals surface area (Å²) in [7, 11) is 0. The molecule has 0 amide bonds. The number of nitrogens with two attached hydrogens (primary N) is 1. The van der Waals surface area contributed by atoms with Crippen LogP contribution in [0.1, 0.15) is 24.5 Å². The van der Waals surface area contributed by atoms with Gasteiger partial charge in [-0.2, -0.15) is 11.8 Å². The second-order valence-electron chi connectivity index (χ2n) is 4.06. The summed E-state index contributed by atoms with van der Waals surface area (Å²) < 4.78 is 0. The lowest BCUT2D eigenvalue weighted by Gasteiger charge is -2.26. The highest BCUT2D eigenvalue weighted by Crippen LogP contribution is 2.33. The first kappa shape index (κ1) is 10.8. The van der Waals surface area contributed by atoms with Gasteiger partial charge >= 0.3 is 0 Å². The average Bonchev–Trinajstić information content (AvgIpc) is 2.29. The van der Waals surface area contributed by atoms with Crippen molar-refractivity contribution in [3.8, 4) is 0 Å². The van der Waals surface area contributed by atoms with Crippen molar-refractivity contribution >= 4 is 17.4 Å². The van der Waals surface area contributed by atoms with Crippen LogP contribution in [0.2, 0.25) is 0 Å². The largest absolute Gasteiger partial charge is 0.399 e. The van der Waals surface area contributed by atoms with Gasteiger partial charge in [0.15, 0.2) is 0 Å². The molecule has 1 atom stereocenters. The molecule has 1 aromatic rings. The van der Waals surface area contributed by atoms with Crippen molar-refractivity contribution < 1.29 is 5.11 Å². The molecule has 0 spiro atoms. The van der Waals surface area contributed by atoms with Gasteiger partial charge in [-0.15, -0.1) is 0 Å². The van der Waals surface area contributed by atoms with Gasteiger partial charge < -0.3 is 10.8 Å². The number of nitrogen functional groups attached to an aromatic ring is 1. The van der Waals surface area contributed by atoms with Gasteiger partial charge in [-0.05, 0) is 48.0 Å². The Balaban J connectivity index is 2.08. The van der Waals surface area contributed by atoms with Crippen molar-refractivity contribution in [2.75, 3.05) is 17.2 Å². The predicted octanol–water partition coefficient (Wildman–Crippen LogP) is 2.45. The highest BCUT2D eigenvalue weighted by Gasteiger charge is 2.23. The van der Waals surface area contributed by atoms with Gasteiger partial charge in [0, 0.05) is 5.69 Å². The number of benzene rings is 1. The number of aliphatic hydroxyl groups is 1. The van der Waals surface area contributed by atoms with Crippen molar-refractivity contribution in [3.63, 3.8) is 0 Å². The Hall–Kier alpha value is -0.670. The molecule has 1 aliphatic rings. The molecule has 15 heavy (non-hydrogen) atoms. The lowest BCUT2D eigenvalue weighted by molar-refractivity contribution is 0.103. The topological polar surface area (TPSA) is 46.2 Å². The van der Waals surface area contributed by atoms with Crippen LogP contribution in [-0.2, 0) is 0 Å². The Morgan fingerprint density at radius 2 is 2.07 bits per heavy atom. The SMILES string of the molecule is Nc1cccc(C(O)C2CCSCC2)c1. The van der Waals surface area contributed by atoms with Crippen LogP contribution in [0.25, 0.3) is 0 Å². The van der Waals surface area contributed by atoms with E-state index in [1.165, 1.54) is 11.5 Å². The molecular formula is C12H17NOS. The van der Waals surface area contributed by atoms with Crippen molar-refractivity contribution in [2.45, 2.75) is 18.9 Å². The van der Waals surface area contributed by atoms with Crippen molar-refractivity contribution in [1.82, 2.24) is 0 Å². The van der Waals surface area contributed by atoms with Crippen LogP contribution >= 0.6 is 11.8 Å². The van der Waals surface area contributed by atoms with E-state index in [0.717, 1.165) is 24.1 Å². The highest BCUT2D eigenvalue weighted by molar-refractivity contribution is 7.99. The third kappa shape index (κ3) is 2.67. The summed E-state index contributed by atoms with van der Waals surface area (Å²) in [6.07, 6.45) is 1.88. The molecule has 1 heterocycles. The van der Waals surface area contributed by atoms with Crippen LogP contribution in [0.15, 0.2) is 24.3 Å². The zero-order valence-electron chi connectivity index (χ0n) is 8.73. The number of anilines is 1. The monoisotopic (exact) mass is 223 g/mol. The van der Waals surface area contributed by atoms with Crippen LogP contribution < -0.4 is 5.73 Å². The minimum absolute atomic E-state index is 0.339. The van der Waals surface area contributed by atoms with E-state index < -0.39 is 0 Å². The fourth-order valence-corrected chi connectivity index (χ4v) is 3.19. The molecule has 3 N–H and O–H groups in total. The summed E-state index contributed by atoms with van der Waals surface area (Å²) in [5.74, 6) is 2.75. The maximum absolute atomic E-state index is 10.2. The number of aliphatic hydroxyl groups excluding tert-OH is 1. The molecule has 2 nitrogen and oxygen atoms in total. The van der Waals surface area contributed by atoms with Gasteiger partial charge in [0.2, 0.25) is 0 Å². The number of hydrogen-bond donors (Lipinski definition) is 2. The maximum atomic E-state index is 10.2. The van der Waals surface area contributed by atoms with Crippen LogP contribution in [-0.4, -0.2) is 16.6 Å². The van der Waals surface area contributed by atoms with Crippen molar-refractivity contribution in [1.29, 1.82) is 0 Å². The van der Waals surface area contributed by atoms with E-state index in [4.69, 9.17) is 5.73 Å².